The van der Waals surface area contributed by atoms with Gasteiger partial charge in [-0.15, -0.1) is 5.92 Å². The Labute approximate surface area is 154 Å². The third-order valence-corrected chi connectivity index (χ3v) is 5.10. The molecule has 0 amide bonds. The average Bonchev–Trinajstić information content (AvgIpc) is 3.12. The number of nitrogens with two attached hydrogens (primary N) is 1. The Balaban J connectivity index is 1.97. The van der Waals surface area contributed by atoms with Crippen molar-refractivity contribution in [3.63, 3.8) is 0 Å². The van der Waals surface area contributed by atoms with Crippen molar-refractivity contribution >= 4 is 6.02 Å². The molecule has 0 radical (unpaired) electrons. The molecular weight excluding hydrogens is 326 g/mol. The second kappa shape index (κ2) is 6.83. The minimum atomic E-state index is -0.471. The van der Waals surface area contributed by atoms with Crippen LogP contribution in [0.15, 0.2) is 35.8 Å². The highest BCUT2D eigenvalue weighted by molar-refractivity contribution is 5.73. The van der Waals surface area contributed by atoms with E-state index >= 15 is 0 Å². The van der Waals surface area contributed by atoms with Gasteiger partial charge >= 0.3 is 0 Å². The number of rotatable bonds is 4. The summed E-state index contributed by atoms with van der Waals surface area (Å²) >= 11 is 0. The molecule has 0 saturated heterocycles. The molecule has 1 aliphatic heterocycles. The summed E-state index contributed by atoms with van der Waals surface area (Å²) in [5, 5.41) is 4.51. The Morgan fingerprint density at radius 2 is 2.04 bits per heavy atom. The largest absolute Gasteiger partial charge is 0.459 e. The SMILES string of the molecule is CC#Cc1cncc(-n2cc(C3(C)CC(CC)(CC)OC(N)=N3)cn2)c1. The highest BCUT2D eigenvalue weighted by atomic mass is 16.5. The lowest BCUT2D eigenvalue weighted by molar-refractivity contribution is -0.00180. The first-order valence-corrected chi connectivity index (χ1v) is 8.91. The van der Waals surface area contributed by atoms with Crippen LogP contribution in [0, 0.1) is 11.8 Å². The summed E-state index contributed by atoms with van der Waals surface area (Å²) in [4.78, 5) is 8.86. The van der Waals surface area contributed by atoms with Gasteiger partial charge in [-0.05, 0) is 32.8 Å². The molecule has 136 valence electrons. The molecule has 0 saturated carbocycles. The van der Waals surface area contributed by atoms with E-state index in [4.69, 9.17) is 10.5 Å². The first kappa shape index (κ1) is 18.0. The first-order valence-electron chi connectivity index (χ1n) is 8.91. The van der Waals surface area contributed by atoms with E-state index in [1.165, 1.54) is 0 Å². The molecular formula is C20H25N5O. The molecule has 0 bridgehead atoms. The lowest BCUT2D eigenvalue weighted by Gasteiger charge is -2.42. The van der Waals surface area contributed by atoms with Gasteiger partial charge in [0.2, 0.25) is 0 Å². The van der Waals surface area contributed by atoms with Gasteiger partial charge in [0.25, 0.3) is 6.02 Å². The van der Waals surface area contributed by atoms with Gasteiger partial charge in [-0.25, -0.2) is 9.67 Å². The molecule has 1 unspecified atom stereocenters. The van der Waals surface area contributed by atoms with Crippen LogP contribution in [-0.2, 0) is 10.3 Å². The zero-order valence-electron chi connectivity index (χ0n) is 15.8. The smallest absolute Gasteiger partial charge is 0.283 e. The lowest BCUT2D eigenvalue weighted by Crippen LogP contribution is -2.47. The normalized spacial score (nSPS) is 21.3. The monoisotopic (exact) mass is 351 g/mol. The van der Waals surface area contributed by atoms with Crippen molar-refractivity contribution in [3.05, 3.63) is 42.0 Å². The lowest BCUT2D eigenvalue weighted by atomic mass is 9.78. The van der Waals surface area contributed by atoms with Gasteiger partial charge in [0.15, 0.2) is 0 Å². The van der Waals surface area contributed by atoms with Gasteiger partial charge < -0.3 is 10.5 Å². The van der Waals surface area contributed by atoms with Crippen molar-refractivity contribution in [2.75, 3.05) is 0 Å². The number of hydrogen-bond donors (Lipinski definition) is 1. The predicted octanol–water partition coefficient (Wildman–Crippen LogP) is 3.15. The van der Waals surface area contributed by atoms with Crippen LogP contribution in [0.4, 0.5) is 0 Å². The van der Waals surface area contributed by atoms with Gasteiger partial charge in [0.1, 0.15) is 5.60 Å². The summed E-state index contributed by atoms with van der Waals surface area (Å²) < 4.78 is 7.70. The van der Waals surface area contributed by atoms with Gasteiger partial charge in [-0.2, -0.15) is 5.10 Å². The summed E-state index contributed by atoms with van der Waals surface area (Å²) in [5.41, 5.74) is 7.98. The molecule has 6 nitrogen and oxygen atoms in total. The average molecular weight is 351 g/mol. The van der Waals surface area contributed by atoms with Crippen molar-refractivity contribution in [1.82, 2.24) is 14.8 Å². The molecule has 2 aromatic heterocycles. The Bertz CT molecular complexity index is 885. The molecule has 3 heterocycles. The molecule has 6 heteroatoms. The number of amidine groups is 1. The van der Waals surface area contributed by atoms with E-state index in [2.05, 4.69) is 47.7 Å². The summed E-state index contributed by atoms with van der Waals surface area (Å²) in [6.45, 7) is 8.14. The summed E-state index contributed by atoms with van der Waals surface area (Å²) in [7, 11) is 0. The van der Waals surface area contributed by atoms with E-state index in [0.29, 0.717) is 0 Å². The predicted molar refractivity (Wildman–Crippen MR) is 102 cm³/mol. The van der Waals surface area contributed by atoms with Gasteiger partial charge in [0, 0.05) is 29.9 Å². The van der Waals surface area contributed by atoms with Gasteiger partial charge in [-0.3, -0.25) is 4.98 Å². The van der Waals surface area contributed by atoms with Crippen molar-refractivity contribution in [3.8, 4) is 17.5 Å². The van der Waals surface area contributed by atoms with E-state index in [1.54, 1.807) is 24.0 Å². The molecule has 2 aromatic rings. The van der Waals surface area contributed by atoms with Gasteiger partial charge in [0.05, 0.1) is 23.6 Å². The molecule has 0 fully saturated rings. The fourth-order valence-corrected chi connectivity index (χ4v) is 3.51. The Morgan fingerprint density at radius 1 is 1.27 bits per heavy atom. The number of hydrogen-bond acceptors (Lipinski definition) is 5. The van der Waals surface area contributed by atoms with Gasteiger partial charge in [-0.1, -0.05) is 19.8 Å². The molecule has 3 rings (SSSR count). The van der Waals surface area contributed by atoms with Crippen LogP contribution in [-0.4, -0.2) is 26.4 Å². The van der Waals surface area contributed by atoms with Crippen LogP contribution >= 0.6 is 0 Å². The topological polar surface area (TPSA) is 78.3 Å². The molecule has 0 spiro atoms. The molecule has 1 aliphatic rings. The van der Waals surface area contributed by atoms with Crippen LogP contribution in [0.1, 0.15) is 58.1 Å². The highest BCUT2D eigenvalue weighted by Crippen LogP contribution is 2.42. The van der Waals surface area contributed by atoms with E-state index in [9.17, 15) is 0 Å². The molecule has 1 atom stereocenters. The quantitative estimate of drug-likeness (QED) is 0.858. The van der Waals surface area contributed by atoms with E-state index in [0.717, 1.165) is 36.1 Å². The first-order chi connectivity index (χ1) is 12.4. The van der Waals surface area contributed by atoms with E-state index in [-0.39, 0.29) is 11.6 Å². The summed E-state index contributed by atoms with van der Waals surface area (Å²) in [6, 6.07) is 2.21. The number of nitrogens with zero attached hydrogens (tertiary/aromatic N) is 4. The third kappa shape index (κ3) is 3.30. The Hall–Kier alpha value is -2.81. The maximum absolute atomic E-state index is 6.02. The summed E-state index contributed by atoms with van der Waals surface area (Å²) in [5.74, 6) is 5.91. The Kier molecular flexibility index (Phi) is 4.73. The molecule has 0 aromatic carbocycles. The Morgan fingerprint density at radius 3 is 2.73 bits per heavy atom. The number of pyridine rings is 1. The minimum absolute atomic E-state index is 0.247. The second-order valence-corrected chi connectivity index (χ2v) is 6.87. The van der Waals surface area contributed by atoms with Crippen LogP contribution in [0.2, 0.25) is 0 Å². The molecule has 0 aliphatic carbocycles. The maximum atomic E-state index is 6.02. The van der Waals surface area contributed by atoms with Crippen molar-refractivity contribution < 1.29 is 4.74 Å². The van der Waals surface area contributed by atoms with Crippen molar-refractivity contribution in [1.29, 1.82) is 0 Å². The molecule has 2 N–H and O–H groups in total. The van der Waals surface area contributed by atoms with E-state index in [1.807, 2.05) is 18.5 Å². The van der Waals surface area contributed by atoms with Crippen LogP contribution in [0.3, 0.4) is 0 Å². The zero-order chi connectivity index (χ0) is 18.8. The standard InChI is InChI=1S/C20H25N5O/c1-5-8-15-9-17(12-22-10-15)25-13-16(11-23-25)19(4)14-20(6-2,7-3)26-18(21)24-19/h9-13H,6-7,14H2,1-4H3,(H2,21,24). The number of aromatic nitrogens is 3. The van der Waals surface area contributed by atoms with Crippen LogP contribution < -0.4 is 5.73 Å². The van der Waals surface area contributed by atoms with Crippen molar-refractivity contribution in [2.24, 2.45) is 10.7 Å². The van der Waals surface area contributed by atoms with Crippen LogP contribution in [0.25, 0.3) is 5.69 Å². The molecule has 26 heavy (non-hydrogen) atoms. The highest BCUT2D eigenvalue weighted by Gasteiger charge is 2.44. The summed E-state index contributed by atoms with van der Waals surface area (Å²) in [6.07, 6.45) is 9.86. The fraction of sp³-hybridized carbons (Fsp3) is 0.450. The number of ether oxygens (including phenoxy) is 1. The third-order valence-electron chi connectivity index (χ3n) is 5.10. The minimum Gasteiger partial charge on any atom is -0.459 e. The maximum Gasteiger partial charge on any atom is 0.283 e. The zero-order valence-corrected chi connectivity index (χ0v) is 15.8. The number of aliphatic imine (C=N–C) groups is 1. The van der Waals surface area contributed by atoms with Crippen molar-refractivity contribution in [2.45, 2.75) is 58.1 Å². The second-order valence-electron chi connectivity index (χ2n) is 6.87. The van der Waals surface area contributed by atoms with Crippen LogP contribution in [0.5, 0.6) is 0 Å². The fourth-order valence-electron chi connectivity index (χ4n) is 3.51. The van der Waals surface area contributed by atoms with E-state index < -0.39 is 5.54 Å².